The smallest absolute Gasteiger partial charge is 0.288 e. The molecule has 6 N–H and O–H groups in total. The average Bonchev–Trinajstić information content (AvgIpc) is 3.32. The van der Waals surface area contributed by atoms with Gasteiger partial charge in [-0.1, -0.05) is 23.7 Å². The Morgan fingerprint density at radius 2 is 1.52 bits per heavy atom. The Kier molecular flexibility index (Phi) is 4.70. The highest BCUT2D eigenvalue weighted by Gasteiger charge is 2.41. The standard InChI is InChI=1S/C19H20ClN3O6/c20-14-17(26)15(24)13(16(25)18(14)27)19(28,29)23-11-6-2-1-5-10(11)21-12(23)9-22-7-3-4-8-22/h1-2,5-6,24-29H,3-4,7-9H2. The third kappa shape index (κ3) is 3.03. The Hall–Kier alpha value is -2.72. The molecule has 0 radical (unpaired) electrons. The summed E-state index contributed by atoms with van der Waals surface area (Å²) in [5.74, 6) is -6.91. The first-order valence-electron chi connectivity index (χ1n) is 9.03. The lowest BCUT2D eigenvalue weighted by Crippen LogP contribution is -2.37. The number of aliphatic hydroxyl groups is 2. The highest BCUT2D eigenvalue weighted by molar-refractivity contribution is 6.34. The number of halogens is 1. The number of phenols is 4. The van der Waals surface area contributed by atoms with Gasteiger partial charge >= 0.3 is 0 Å². The SMILES string of the molecule is Oc1c(O)c(C(O)(O)n2c(CN3CCCC3)nc3ccccc32)c(O)c(O)c1Cl. The van der Waals surface area contributed by atoms with E-state index >= 15 is 0 Å². The number of hydrogen-bond donors (Lipinski definition) is 6. The number of phenolic OH excluding ortho intramolecular Hbond substituents is 4. The zero-order valence-electron chi connectivity index (χ0n) is 15.2. The molecule has 0 unspecified atom stereocenters. The van der Waals surface area contributed by atoms with Gasteiger partial charge in [0.25, 0.3) is 5.91 Å². The van der Waals surface area contributed by atoms with Crippen LogP contribution in [0.1, 0.15) is 24.2 Å². The Morgan fingerprint density at radius 3 is 2.14 bits per heavy atom. The molecular weight excluding hydrogens is 402 g/mol. The largest absolute Gasteiger partial charge is 0.504 e. The topological polar surface area (TPSA) is 142 Å². The number of hydrogen-bond acceptors (Lipinski definition) is 8. The Labute approximate surface area is 170 Å². The highest BCUT2D eigenvalue weighted by Crippen LogP contribution is 2.52. The molecule has 0 atom stereocenters. The molecule has 154 valence electrons. The van der Waals surface area contributed by atoms with Gasteiger partial charge in [-0.15, -0.1) is 0 Å². The lowest BCUT2D eigenvalue weighted by Gasteiger charge is -2.29. The molecule has 2 heterocycles. The van der Waals surface area contributed by atoms with Gasteiger partial charge in [0.15, 0.2) is 23.0 Å². The van der Waals surface area contributed by atoms with Crippen LogP contribution in [0.25, 0.3) is 11.0 Å². The first-order valence-corrected chi connectivity index (χ1v) is 9.41. The fourth-order valence-corrected chi connectivity index (χ4v) is 3.95. The minimum Gasteiger partial charge on any atom is -0.504 e. The van der Waals surface area contributed by atoms with Gasteiger partial charge in [-0.25, -0.2) is 4.98 Å². The van der Waals surface area contributed by atoms with Gasteiger partial charge in [-0.05, 0) is 38.1 Å². The molecule has 1 aliphatic rings. The van der Waals surface area contributed by atoms with Crippen molar-refractivity contribution < 1.29 is 30.6 Å². The van der Waals surface area contributed by atoms with Crippen LogP contribution in [0.2, 0.25) is 5.02 Å². The molecule has 1 aliphatic heterocycles. The number of likely N-dealkylation sites (tertiary alicyclic amines) is 1. The summed E-state index contributed by atoms with van der Waals surface area (Å²) in [5, 5.41) is 61.9. The number of rotatable bonds is 4. The van der Waals surface area contributed by atoms with Crippen molar-refractivity contribution in [3.05, 3.63) is 40.7 Å². The van der Waals surface area contributed by atoms with Gasteiger partial charge in [-0.3, -0.25) is 9.47 Å². The zero-order valence-corrected chi connectivity index (χ0v) is 16.0. The van der Waals surface area contributed by atoms with Crippen molar-refractivity contribution in [2.24, 2.45) is 0 Å². The van der Waals surface area contributed by atoms with Crippen LogP contribution in [0.5, 0.6) is 23.0 Å². The second kappa shape index (κ2) is 6.96. The van der Waals surface area contributed by atoms with Crippen LogP contribution in [0.3, 0.4) is 0 Å². The van der Waals surface area contributed by atoms with E-state index in [4.69, 9.17) is 11.6 Å². The molecule has 10 heteroatoms. The number of imidazole rings is 1. The second-order valence-corrected chi connectivity index (χ2v) is 7.43. The number of para-hydroxylation sites is 2. The molecule has 3 aromatic rings. The molecule has 1 fully saturated rings. The molecule has 0 spiro atoms. The van der Waals surface area contributed by atoms with Gasteiger partial charge in [0.2, 0.25) is 0 Å². The van der Waals surface area contributed by atoms with Crippen LogP contribution in [0.15, 0.2) is 24.3 Å². The molecule has 0 saturated carbocycles. The minimum absolute atomic E-state index is 0.269. The van der Waals surface area contributed by atoms with Crippen LogP contribution >= 0.6 is 11.6 Å². The van der Waals surface area contributed by atoms with E-state index in [0.29, 0.717) is 17.6 Å². The van der Waals surface area contributed by atoms with Gasteiger partial charge in [-0.2, -0.15) is 0 Å². The van der Waals surface area contributed by atoms with Gasteiger partial charge in [0.1, 0.15) is 16.4 Å². The van der Waals surface area contributed by atoms with E-state index in [1.54, 1.807) is 24.3 Å². The van der Waals surface area contributed by atoms with Crippen molar-refractivity contribution in [3.63, 3.8) is 0 Å². The van der Waals surface area contributed by atoms with Crippen LogP contribution in [0.4, 0.5) is 0 Å². The van der Waals surface area contributed by atoms with Gasteiger partial charge in [0, 0.05) is 0 Å². The highest BCUT2D eigenvalue weighted by atomic mass is 35.5. The molecule has 2 aromatic carbocycles. The van der Waals surface area contributed by atoms with Crippen molar-refractivity contribution in [2.45, 2.75) is 25.3 Å². The van der Waals surface area contributed by atoms with Crippen LogP contribution in [0, 0.1) is 0 Å². The molecule has 1 aromatic heterocycles. The molecule has 0 amide bonds. The summed E-state index contributed by atoms with van der Waals surface area (Å²) in [5.41, 5.74) is -0.127. The summed E-state index contributed by atoms with van der Waals surface area (Å²) in [6.07, 6.45) is 2.04. The average molecular weight is 422 g/mol. The maximum atomic E-state index is 11.1. The van der Waals surface area contributed by atoms with Crippen LogP contribution in [-0.2, 0) is 12.5 Å². The number of nitrogens with zero attached hydrogens (tertiary/aromatic N) is 3. The Balaban J connectivity index is 1.96. The molecule has 1 saturated heterocycles. The molecule has 0 bridgehead atoms. The maximum Gasteiger partial charge on any atom is 0.288 e. The molecule has 4 rings (SSSR count). The molecule has 9 nitrogen and oxygen atoms in total. The van der Waals surface area contributed by atoms with Gasteiger partial charge in [0.05, 0.1) is 17.6 Å². The van der Waals surface area contributed by atoms with Crippen molar-refractivity contribution in [1.29, 1.82) is 0 Å². The fraction of sp³-hybridized carbons (Fsp3) is 0.316. The number of fused-ring (bicyclic) bond motifs is 1. The zero-order chi connectivity index (χ0) is 20.9. The number of aromatic nitrogens is 2. The normalized spacial score (nSPS) is 15.4. The van der Waals surface area contributed by atoms with Crippen LogP contribution < -0.4 is 0 Å². The van der Waals surface area contributed by atoms with E-state index in [9.17, 15) is 30.6 Å². The maximum absolute atomic E-state index is 11.1. The lowest BCUT2D eigenvalue weighted by atomic mass is 10.1. The Morgan fingerprint density at radius 1 is 0.931 bits per heavy atom. The summed E-state index contributed by atoms with van der Waals surface area (Å²) >= 11 is 5.67. The fourth-order valence-electron chi connectivity index (χ4n) is 3.77. The third-order valence-corrected chi connectivity index (χ3v) is 5.54. The van der Waals surface area contributed by atoms with E-state index in [1.165, 1.54) is 0 Å². The molecular formula is C19H20ClN3O6. The van der Waals surface area contributed by atoms with E-state index in [1.807, 2.05) is 0 Å². The van der Waals surface area contributed by atoms with Crippen molar-refractivity contribution >= 4 is 22.6 Å². The quantitative estimate of drug-likeness (QED) is 0.212. The third-order valence-electron chi connectivity index (χ3n) is 5.18. The second-order valence-electron chi connectivity index (χ2n) is 7.05. The summed E-state index contributed by atoms with van der Waals surface area (Å²) in [6, 6.07) is 6.70. The van der Waals surface area contributed by atoms with E-state index in [0.717, 1.165) is 30.5 Å². The van der Waals surface area contributed by atoms with Crippen molar-refractivity contribution in [3.8, 4) is 23.0 Å². The van der Waals surface area contributed by atoms with Crippen LogP contribution in [-0.4, -0.2) is 58.2 Å². The lowest BCUT2D eigenvalue weighted by molar-refractivity contribution is -0.193. The summed E-state index contributed by atoms with van der Waals surface area (Å²) < 4.78 is 1.04. The summed E-state index contributed by atoms with van der Waals surface area (Å²) in [7, 11) is 0. The number of aromatic hydroxyl groups is 4. The molecule has 0 aliphatic carbocycles. The first kappa shape index (κ1) is 19.6. The van der Waals surface area contributed by atoms with E-state index in [2.05, 4.69) is 9.88 Å². The minimum atomic E-state index is -3.06. The first-order chi connectivity index (χ1) is 13.7. The predicted octanol–water partition coefficient (Wildman–Crippen LogP) is 1.75. The van der Waals surface area contributed by atoms with Crippen molar-refractivity contribution in [1.82, 2.24) is 14.5 Å². The van der Waals surface area contributed by atoms with Crippen molar-refractivity contribution in [2.75, 3.05) is 13.1 Å². The number of benzene rings is 2. The van der Waals surface area contributed by atoms with E-state index in [-0.39, 0.29) is 5.82 Å². The van der Waals surface area contributed by atoms with Gasteiger partial charge < -0.3 is 30.6 Å². The summed E-state index contributed by atoms with van der Waals surface area (Å²) in [6.45, 7) is 1.95. The molecule has 29 heavy (non-hydrogen) atoms. The van der Waals surface area contributed by atoms with E-state index < -0.39 is 39.5 Å². The predicted molar refractivity (Wildman–Crippen MR) is 104 cm³/mol. The summed E-state index contributed by atoms with van der Waals surface area (Å²) in [4.78, 5) is 6.56. The Bertz CT molecular complexity index is 1060. The monoisotopic (exact) mass is 421 g/mol.